The third-order valence-corrected chi connectivity index (χ3v) is 9.23. The van der Waals surface area contributed by atoms with Crippen molar-refractivity contribution >= 4 is 42.7 Å². The number of benzene rings is 3. The number of rotatable bonds is 8. The zero-order valence-electron chi connectivity index (χ0n) is 20.0. The second-order valence-electron chi connectivity index (χ2n) is 8.65. The largest absolute Gasteiger partial charge is 0.423 e. The topological polar surface area (TPSA) is 79.8 Å². The summed E-state index contributed by atoms with van der Waals surface area (Å²) in [6.07, 6.45) is 2.37. The molecule has 36 heavy (non-hydrogen) atoms. The van der Waals surface area contributed by atoms with Crippen molar-refractivity contribution in [3.63, 3.8) is 0 Å². The van der Waals surface area contributed by atoms with Crippen LogP contribution in [0.2, 0.25) is 0 Å². The van der Waals surface area contributed by atoms with Crippen molar-refractivity contribution in [1.82, 2.24) is 9.29 Å². The zero-order valence-corrected chi connectivity index (χ0v) is 21.6. The third kappa shape index (κ3) is 5.13. The molecule has 0 spiro atoms. The average Bonchev–Trinajstić information content (AvgIpc) is 3.58. The van der Waals surface area contributed by atoms with Gasteiger partial charge in [-0.15, -0.1) is 0 Å². The van der Waals surface area contributed by atoms with Crippen molar-refractivity contribution in [1.29, 1.82) is 0 Å². The van der Waals surface area contributed by atoms with Crippen LogP contribution in [0.15, 0.2) is 77.7 Å². The number of carbonyl (C=O) groups is 1. The highest BCUT2D eigenvalue weighted by molar-refractivity contribution is 7.89. The van der Waals surface area contributed by atoms with Crippen LogP contribution in [-0.4, -0.2) is 43.3 Å². The molecule has 0 bridgehead atoms. The first-order valence-corrected chi connectivity index (χ1v) is 14.2. The van der Waals surface area contributed by atoms with E-state index in [4.69, 9.17) is 9.72 Å². The zero-order chi connectivity index (χ0) is 25.1. The van der Waals surface area contributed by atoms with Gasteiger partial charge in [-0.1, -0.05) is 48.6 Å². The number of nitrogens with zero attached hydrogens (tertiary/aromatic N) is 3. The summed E-state index contributed by atoms with van der Waals surface area (Å²) in [7, 11) is -3.71. The van der Waals surface area contributed by atoms with E-state index in [-0.39, 0.29) is 17.0 Å². The molecule has 2 heterocycles. The van der Waals surface area contributed by atoms with Crippen LogP contribution in [0.1, 0.15) is 35.7 Å². The molecular weight excluding hydrogens is 494 g/mol. The molecule has 0 N–H and O–H groups in total. The second-order valence-corrected chi connectivity index (χ2v) is 11.6. The number of thiazole rings is 1. The summed E-state index contributed by atoms with van der Waals surface area (Å²) in [6, 6.07) is 20.8. The molecule has 7 nitrogen and oxygen atoms in total. The lowest BCUT2D eigenvalue weighted by Crippen LogP contribution is -2.30. The minimum atomic E-state index is -3.71. The van der Waals surface area contributed by atoms with Gasteiger partial charge in [0.1, 0.15) is 5.75 Å². The minimum absolute atomic E-state index is 0.136. The first-order valence-electron chi connectivity index (χ1n) is 12.0. The summed E-state index contributed by atoms with van der Waals surface area (Å²) >= 11 is 1.59. The van der Waals surface area contributed by atoms with Gasteiger partial charge in [-0.25, -0.2) is 18.2 Å². The Kier molecular flexibility index (Phi) is 7.04. The molecule has 186 valence electrons. The Morgan fingerprint density at radius 2 is 1.75 bits per heavy atom. The van der Waals surface area contributed by atoms with E-state index in [9.17, 15) is 13.2 Å². The molecule has 1 fully saturated rings. The number of ether oxygens (including phenoxy) is 1. The number of fused-ring (bicyclic) bond motifs is 1. The molecule has 5 rings (SSSR count). The number of hydrogen-bond acceptors (Lipinski definition) is 7. The summed E-state index contributed by atoms with van der Waals surface area (Å²) in [6.45, 7) is 4.47. The van der Waals surface area contributed by atoms with E-state index in [1.54, 1.807) is 24.3 Å². The van der Waals surface area contributed by atoms with Crippen molar-refractivity contribution in [3.8, 4) is 5.75 Å². The molecular formula is C27H27N3O4S2. The molecule has 9 heteroatoms. The normalized spacial score (nSPS) is 14.0. The van der Waals surface area contributed by atoms with Gasteiger partial charge in [0.15, 0.2) is 5.13 Å². The lowest BCUT2D eigenvalue weighted by molar-refractivity contribution is 0.0735. The highest BCUT2D eigenvalue weighted by Gasteiger charge is 2.24. The Morgan fingerprint density at radius 1 is 1.03 bits per heavy atom. The lowest BCUT2D eigenvalue weighted by Gasteiger charge is -2.20. The van der Waals surface area contributed by atoms with E-state index in [1.807, 2.05) is 42.5 Å². The van der Waals surface area contributed by atoms with Gasteiger partial charge < -0.3 is 9.64 Å². The molecule has 1 saturated heterocycles. The Labute approximate surface area is 215 Å². The maximum absolute atomic E-state index is 13.2. The van der Waals surface area contributed by atoms with E-state index in [1.165, 1.54) is 41.4 Å². The fourth-order valence-electron chi connectivity index (χ4n) is 4.23. The van der Waals surface area contributed by atoms with Gasteiger partial charge in [-0.2, -0.15) is 4.31 Å². The van der Waals surface area contributed by atoms with E-state index in [2.05, 4.69) is 4.90 Å². The van der Waals surface area contributed by atoms with Gasteiger partial charge in [-0.3, -0.25) is 0 Å². The van der Waals surface area contributed by atoms with Crippen LogP contribution in [0.3, 0.4) is 0 Å². The van der Waals surface area contributed by atoms with Crippen LogP contribution in [0.5, 0.6) is 5.75 Å². The predicted molar refractivity (Wildman–Crippen MR) is 142 cm³/mol. The fourth-order valence-corrected chi connectivity index (χ4v) is 6.71. The third-order valence-electron chi connectivity index (χ3n) is 6.22. The molecule has 0 amide bonds. The number of hydrogen-bond donors (Lipinski definition) is 0. The Morgan fingerprint density at radius 3 is 2.44 bits per heavy atom. The summed E-state index contributed by atoms with van der Waals surface area (Å²) in [5.74, 6) is -0.111. The number of aromatic nitrogens is 1. The van der Waals surface area contributed by atoms with Gasteiger partial charge >= 0.3 is 5.97 Å². The molecule has 0 aliphatic carbocycles. The standard InChI is InChI=1S/C27H27N3O4S2/c1-2-30(19-20-8-4-3-5-9-20)36(32,33)23-13-10-21(11-14-23)26(31)34-22-12-15-24-25(18-22)35-27(28-24)29-16-6-7-17-29/h3-5,8-15,18H,2,6-7,16-17,19H2,1H3. The van der Waals surface area contributed by atoms with E-state index < -0.39 is 16.0 Å². The molecule has 3 aromatic carbocycles. The Hall–Kier alpha value is -3.27. The quantitative estimate of drug-likeness (QED) is 0.230. The smallest absolute Gasteiger partial charge is 0.343 e. The lowest BCUT2D eigenvalue weighted by atomic mass is 10.2. The molecule has 0 radical (unpaired) electrons. The van der Waals surface area contributed by atoms with Gasteiger partial charge in [0, 0.05) is 32.2 Å². The monoisotopic (exact) mass is 521 g/mol. The van der Waals surface area contributed by atoms with Crippen molar-refractivity contribution in [2.24, 2.45) is 0 Å². The molecule has 1 aliphatic rings. The number of carbonyl (C=O) groups excluding carboxylic acids is 1. The van der Waals surface area contributed by atoms with Crippen LogP contribution in [-0.2, 0) is 16.6 Å². The fraction of sp³-hybridized carbons (Fsp3) is 0.259. The van der Waals surface area contributed by atoms with Gasteiger partial charge in [0.25, 0.3) is 0 Å². The van der Waals surface area contributed by atoms with Crippen molar-refractivity contribution < 1.29 is 17.9 Å². The van der Waals surface area contributed by atoms with Gasteiger partial charge in [0.05, 0.1) is 20.7 Å². The molecule has 0 unspecified atom stereocenters. The first kappa shape index (κ1) is 24.4. The maximum Gasteiger partial charge on any atom is 0.343 e. The molecule has 4 aromatic rings. The Balaban J connectivity index is 1.28. The van der Waals surface area contributed by atoms with Crippen LogP contribution in [0.25, 0.3) is 10.2 Å². The maximum atomic E-state index is 13.2. The number of esters is 1. The van der Waals surface area contributed by atoms with E-state index >= 15 is 0 Å². The molecule has 0 atom stereocenters. The van der Waals surface area contributed by atoms with E-state index in [0.717, 1.165) is 34.0 Å². The summed E-state index contributed by atoms with van der Waals surface area (Å²) in [4.78, 5) is 19.9. The second kappa shape index (κ2) is 10.4. The highest BCUT2D eigenvalue weighted by Crippen LogP contribution is 2.33. The van der Waals surface area contributed by atoms with Crippen LogP contribution in [0.4, 0.5) is 5.13 Å². The van der Waals surface area contributed by atoms with Crippen LogP contribution < -0.4 is 9.64 Å². The molecule has 1 aliphatic heterocycles. The van der Waals surface area contributed by atoms with Crippen molar-refractivity contribution in [2.75, 3.05) is 24.5 Å². The van der Waals surface area contributed by atoms with Gasteiger partial charge in [0.2, 0.25) is 10.0 Å². The van der Waals surface area contributed by atoms with Crippen molar-refractivity contribution in [2.45, 2.75) is 31.2 Å². The highest BCUT2D eigenvalue weighted by atomic mass is 32.2. The first-order chi connectivity index (χ1) is 17.4. The van der Waals surface area contributed by atoms with Crippen LogP contribution >= 0.6 is 11.3 Å². The van der Waals surface area contributed by atoms with Gasteiger partial charge in [-0.05, 0) is 54.8 Å². The average molecular weight is 522 g/mol. The summed E-state index contributed by atoms with van der Waals surface area (Å²) < 4.78 is 34.3. The number of sulfonamides is 1. The number of anilines is 1. The predicted octanol–water partition coefficient (Wildman–Crippen LogP) is 5.33. The minimum Gasteiger partial charge on any atom is -0.423 e. The molecule has 0 saturated carbocycles. The Bertz CT molecular complexity index is 1460. The molecule has 1 aromatic heterocycles. The summed E-state index contributed by atoms with van der Waals surface area (Å²) in [5, 5.41) is 0.996. The van der Waals surface area contributed by atoms with Crippen LogP contribution in [0, 0.1) is 0 Å². The van der Waals surface area contributed by atoms with Crippen molar-refractivity contribution in [3.05, 3.63) is 83.9 Å². The SMILES string of the molecule is CCN(Cc1ccccc1)S(=O)(=O)c1ccc(C(=O)Oc2ccc3nc(N4CCCC4)sc3c2)cc1. The summed E-state index contributed by atoms with van der Waals surface area (Å²) in [5.41, 5.74) is 2.07. The van der Waals surface area contributed by atoms with E-state index in [0.29, 0.717) is 12.3 Å².